The third kappa shape index (κ3) is 3.07. The van der Waals surface area contributed by atoms with Crippen LogP contribution in [0.1, 0.15) is 10.8 Å². The number of thiazole rings is 1. The van der Waals surface area contributed by atoms with E-state index in [4.69, 9.17) is 4.42 Å². The van der Waals surface area contributed by atoms with E-state index in [0.29, 0.717) is 12.3 Å². The van der Waals surface area contributed by atoms with Crippen LogP contribution in [-0.2, 0) is 11.3 Å². The molecule has 0 spiro atoms. The molecule has 5 heteroatoms. The number of rotatable bonds is 4. The van der Waals surface area contributed by atoms with Crippen molar-refractivity contribution in [3.63, 3.8) is 0 Å². The SMILES string of the molecule is O=C(/C=C/c1cc2ccccc2o1)NCc1nc2ccccc2s1. The Balaban J connectivity index is 1.40. The molecule has 0 aliphatic rings. The van der Waals surface area contributed by atoms with Gasteiger partial charge in [0.2, 0.25) is 5.91 Å². The van der Waals surface area contributed by atoms with Crippen molar-refractivity contribution in [1.29, 1.82) is 0 Å². The number of nitrogens with one attached hydrogen (secondary N) is 1. The number of aromatic nitrogens is 1. The van der Waals surface area contributed by atoms with Gasteiger partial charge in [-0.3, -0.25) is 4.79 Å². The first kappa shape index (κ1) is 14.7. The van der Waals surface area contributed by atoms with Crippen molar-refractivity contribution in [3.8, 4) is 0 Å². The van der Waals surface area contributed by atoms with Crippen LogP contribution < -0.4 is 5.32 Å². The molecular weight excluding hydrogens is 320 g/mol. The maximum Gasteiger partial charge on any atom is 0.244 e. The number of amides is 1. The lowest BCUT2D eigenvalue weighted by Gasteiger charge is -1.97. The molecule has 0 saturated heterocycles. The number of para-hydroxylation sites is 2. The van der Waals surface area contributed by atoms with Gasteiger partial charge in [0.15, 0.2) is 0 Å². The molecule has 4 nitrogen and oxygen atoms in total. The molecule has 24 heavy (non-hydrogen) atoms. The smallest absolute Gasteiger partial charge is 0.244 e. The van der Waals surface area contributed by atoms with E-state index in [9.17, 15) is 4.79 Å². The molecule has 1 amide bonds. The molecule has 2 aromatic heterocycles. The van der Waals surface area contributed by atoms with Gasteiger partial charge in [0.05, 0.1) is 16.8 Å². The molecule has 1 N–H and O–H groups in total. The van der Waals surface area contributed by atoms with Gasteiger partial charge in [-0.05, 0) is 30.3 Å². The minimum Gasteiger partial charge on any atom is -0.457 e. The molecule has 0 unspecified atom stereocenters. The highest BCUT2D eigenvalue weighted by Gasteiger charge is 2.05. The van der Waals surface area contributed by atoms with E-state index in [1.807, 2.05) is 54.6 Å². The van der Waals surface area contributed by atoms with Gasteiger partial charge in [-0.15, -0.1) is 11.3 Å². The van der Waals surface area contributed by atoms with Crippen LogP contribution in [0, 0.1) is 0 Å². The van der Waals surface area contributed by atoms with Crippen molar-refractivity contribution < 1.29 is 9.21 Å². The molecule has 2 heterocycles. The highest BCUT2D eigenvalue weighted by molar-refractivity contribution is 7.18. The molecular formula is C19H14N2O2S. The van der Waals surface area contributed by atoms with Gasteiger partial charge in [-0.25, -0.2) is 4.98 Å². The summed E-state index contributed by atoms with van der Waals surface area (Å²) >= 11 is 1.59. The second-order valence-corrected chi connectivity index (χ2v) is 6.43. The average molecular weight is 334 g/mol. The Kier molecular flexibility index (Phi) is 3.84. The van der Waals surface area contributed by atoms with E-state index in [1.54, 1.807) is 17.4 Å². The Morgan fingerprint density at radius 2 is 2.00 bits per heavy atom. The van der Waals surface area contributed by atoms with Gasteiger partial charge in [-0.2, -0.15) is 0 Å². The molecule has 0 aliphatic carbocycles. The normalized spacial score (nSPS) is 11.5. The van der Waals surface area contributed by atoms with Crippen molar-refractivity contribution in [2.75, 3.05) is 0 Å². The second-order valence-electron chi connectivity index (χ2n) is 5.31. The maximum absolute atomic E-state index is 12.0. The fourth-order valence-electron chi connectivity index (χ4n) is 2.46. The zero-order valence-corrected chi connectivity index (χ0v) is 13.5. The third-order valence-electron chi connectivity index (χ3n) is 3.60. The van der Waals surface area contributed by atoms with Gasteiger partial charge in [-0.1, -0.05) is 30.3 Å². The first-order valence-electron chi connectivity index (χ1n) is 7.57. The standard InChI is InChI=1S/C19H14N2O2S/c22-18(10-9-14-11-13-5-1-3-7-16(13)23-14)20-12-19-21-15-6-2-4-8-17(15)24-19/h1-11H,12H2,(H,20,22)/b10-9+. The van der Waals surface area contributed by atoms with Crippen LogP contribution in [0.3, 0.4) is 0 Å². The summed E-state index contributed by atoms with van der Waals surface area (Å²) in [5.74, 6) is 0.487. The summed E-state index contributed by atoms with van der Waals surface area (Å²) < 4.78 is 6.77. The fraction of sp³-hybridized carbons (Fsp3) is 0.0526. The van der Waals surface area contributed by atoms with Crippen molar-refractivity contribution >= 4 is 44.5 Å². The molecule has 0 atom stereocenters. The van der Waals surface area contributed by atoms with Gasteiger partial charge >= 0.3 is 0 Å². The van der Waals surface area contributed by atoms with Crippen molar-refractivity contribution in [3.05, 3.63) is 71.4 Å². The Labute approximate surface area is 142 Å². The summed E-state index contributed by atoms with van der Waals surface area (Å²) in [5, 5.41) is 4.76. The van der Waals surface area contributed by atoms with Crippen LogP contribution in [0.5, 0.6) is 0 Å². The summed E-state index contributed by atoms with van der Waals surface area (Å²) in [5.41, 5.74) is 1.77. The third-order valence-corrected chi connectivity index (χ3v) is 4.63. The Morgan fingerprint density at radius 3 is 2.88 bits per heavy atom. The number of carbonyl (C=O) groups excluding carboxylic acids is 1. The maximum atomic E-state index is 12.0. The zero-order chi connectivity index (χ0) is 16.4. The molecule has 4 aromatic rings. The highest BCUT2D eigenvalue weighted by Crippen LogP contribution is 2.21. The number of hydrogen-bond donors (Lipinski definition) is 1. The first-order valence-corrected chi connectivity index (χ1v) is 8.38. The van der Waals surface area contributed by atoms with Gasteiger partial charge in [0.25, 0.3) is 0 Å². The van der Waals surface area contributed by atoms with Gasteiger partial charge in [0, 0.05) is 11.5 Å². The van der Waals surface area contributed by atoms with Crippen molar-refractivity contribution in [1.82, 2.24) is 10.3 Å². The summed E-state index contributed by atoms with van der Waals surface area (Å²) in [4.78, 5) is 16.5. The largest absolute Gasteiger partial charge is 0.457 e. The molecule has 118 valence electrons. The molecule has 0 bridgehead atoms. The summed E-state index contributed by atoms with van der Waals surface area (Å²) in [6.45, 7) is 0.419. The number of carbonyl (C=O) groups is 1. The predicted octanol–water partition coefficient (Wildman–Crippen LogP) is 4.37. The van der Waals surface area contributed by atoms with E-state index in [0.717, 1.165) is 26.2 Å². The predicted molar refractivity (Wildman–Crippen MR) is 96.7 cm³/mol. The highest BCUT2D eigenvalue weighted by atomic mass is 32.1. The summed E-state index contributed by atoms with van der Waals surface area (Å²) in [7, 11) is 0. The minimum atomic E-state index is -0.172. The number of fused-ring (bicyclic) bond motifs is 2. The molecule has 0 aliphatic heterocycles. The van der Waals surface area contributed by atoms with E-state index in [2.05, 4.69) is 10.3 Å². The number of benzene rings is 2. The lowest BCUT2D eigenvalue weighted by atomic mass is 10.2. The van der Waals surface area contributed by atoms with E-state index in [1.165, 1.54) is 6.08 Å². The molecule has 2 aromatic carbocycles. The average Bonchev–Trinajstić information content (AvgIpc) is 3.21. The van der Waals surface area contributed by atoms with Crippen LogP contribution in [0.25, 0.3) is 27.3 Å². The fourth-order valence-corrected chi connectivity index (χ4v) is 3.37. The number of furan rings is 1. The lowest BCUT2D eigenvalue weighted by Crippen LogP contribution is -2.19. The Hall–Kier alpha value is -2.92. The summed E-state index contributed by atoms with van der Waals surface area (Å²) in [6.07, 6.45) is 3.15. The van der Waals surface area contributed by atoms with Crippen LogP contribution in [-0.4, -0.2) is 10.9 Å². The molecule has 4 rings (SSSR count). The van der Waals surface area contributed by atoms with Gasteiger partial charge in [0.1, 0.15) is 16.4 Å². The van der Waals surface area contributed by atoms with E-state index in [-0.39, 0.29) is 5.91 Å². The number of hydrogen-bond acceptors (Lipinski definition) is 4. The summed E-state index contributed by atoms with van der Waals surface area (Å²) in [6, 6.07) is 17.6. The van der Waals surface area contributed by atoms with Crippen LogP contribution in [0.2, 0.25) is 0 Å². The van der Waals surface area contributed by atoms with Crippen LogP contribution in [0.4, 0.5) is 0 Å². The van der Waals surface area contributed by atoms with Gasteiger partial charge < -0.3 is 9.73 Å². The topological polar surface area (TPSA) is 55.1 Å². The quantitative estimate of drug-likeness (QED) is 0.564. The Bertz CT molecular complexity index is 980. The molecule has 0 radical (unpaired) electrons. The monoisotopic (exact) mass is 334 g/mol. The van der Waals surface area contributed by atoms with Crippen molar-refractivity contribution in [2.24, 2.45) is 0 Å². The lowest BCUT2D eigenvalue weighted by molar-refractivity contribution is -0.116. The molecule has 0 fully saturated rings. The Morgan fingerprint density at radius 1 is 1.17 bits per heavy atom. The first-order chi connectivity index (χ1) is 11.8. The van der Waals surface area contributed by atoms with Crippen molar-refractivity contribution in [2.45, 2.75) is 6.54 Å². The number of nitrogens with zero attached hydrogens (tertiary/aromatic N) is 1. The van der Waals surface area contributed by atoms with Crippen LogP contribution >= 0.6 is 11.3 Å². The minimum absolute atomic E-state index is 0.172. The zero-order valence-electron chi connectivity index (χ0n) is 12.7. The van der Waals surface area contributed by atoms with E-state index < -0.39 is 0 Å². The molecule has 0 saturated carbocycles. The second kappa shape index (κ2) is 6.29. The van der Waals surface area contributed by atoms with E-state index >= 15 is 0 Å². The van der Waals surface area contributed by atoms with Crippen LogP contribution in [0.15, 0.2) is 65.1 Å².